The van der Waals surface area contributed by atoms with E-state index in [0.29, 0.717) is 29.2 Å². The molecule has 0 radical (unpaired) electrons. The summed E-state index contributed by atoms with van der Waals surface area (Å²) in [5.74, 6) is 0.646. The van der Waals surface area contributed by atoms with Crippen LogP contribution in [0.2, 0.25) is 0 Å². The first-order chi connectivity index (χ1) is 7.13. The van der Waals surface area contributed by atoms with Crippen molar-refractivity contribution in [3.05, 3.63) is 23.5 Å². The van der Waals surface area contributed by atoms with E-state index in [0.717, 1.165) is 5.69 Å². The van der Waals surface area contributed by atoms with Gasteiger partial charge in [-0.25, -0.2) is 4.98 Å². The summed E-state index contributed by atoms with van der Waals surface area (Å²) in [6.45, 7) is 4.08. The topological polar surface area (TPSA) is 73.3 Å². The molecule has 0 atom stereocenters. The van der Waals surface area contributed by atoms with Crippen molar-refractivity contribution < 1.29 is 4.79 Å². The fraction of sp³-hybridized carbons (Fsp3) is 0.300. The summed E-state index contributed by atoms with van der Waals surface area (Å²) in [4.78, 5) is 14.8. The Morgan fingerprint density at radius 3 is 2.87 bits per heavy atom. The zero-order valence-electron chi connectivity index (χ0n) is 8.64. The van der Waals surface area contributed by atoms with Gasteiger partial charge in [-0.3, -0.25) is 4.79 Å². The average Bonchev–Trinajstić information content (AvgIpc) is 2.63. The van der Waals surface area contributed by atoms with Crippen molar-refractivity contribution >= 4 is 17.8 Å². The van der Waals surface area contributed by atoms with Crippen molar-refractivity contribution in [1.29, 1.82) is 0 Å². The van der Waals surface area contributed by atoms with Crippen LogP contribution in [0.25, 0.3) is 5.65 Å². The van der Waals surface area contributed by atoms with E-state index in [1.165, 1.54) is 10.7 Å². The lowest BCUT2D eigenvalue weighted by molar-refractivity contribution is 0.112. The Kier molecular flexibility index (Phi) is 2.15. The van der Waals surface area contributed by atoms with Gasteiger partial charge in [-0.15, -0.1) is 0 Å². The van der Waals surface area contributed by atoms with Crippen molar-refractivity contribution in [1.82, 2.24) is 14.6 Å². The van der Waals surface area contributed by atoms with Gasteiger partial charge in [0.1, 0.15) is 5.82 Å². The van der Waals surface area contributed by atoms with E-state index < -0.39 is 0 Å². The molecular weight excluding hydrogens is 192 g/mol. The van der Waals surface area contributed by atoms with Crippen LogP contribution in [0.15, 0.2) is 12.3 Å². The lowest BCUT2D eigenvalue weighted by Crippen LogP contribution is -2.04. The van der Waals surface area contributed by atoms with Crippen molar-refractivity contribution in [2.75, 3.05) is 5.73 Å². The molecule has 0 spiro atoms. The molecule has 0 aliphatic rings. The van der Waals surface area contributed by atoms with Crippen LogP contribution in [-0.2, 0) is 0 Å². The number of hydrogen-bond donors (Lipinski definition) is 1. The number of rotatable bonds is 2. The fourth-order valence-corrected chi connectivity index (χ4v) is 1.36. The Morgan fingerprint density at radius 2 is 2.27 bits per heavy atom. The Morgan fingerprint density at radius 1 is 1.53 bits per heavy atom. The van der Waals surface area contributed by atoms with Gasteiger partial charge >= 0.3 is 0 Å². The number of hydrogen-bond acceptors (Lipinski definition) is 4. The molecule has 15 heavy (non-hydrogen) atoms. The molecule has 2 aromatic rings. The van der Waals surface area contributed by atoms with Gasteiger partial charge in [-0.05, 0) is 5.92 Å². The van der Waals surface area contributed by atoms with E-state index in [1.807, 2.05) is 19.9 Å². The molecule has 78 valence electrons. The highest BCUT2D eigenvalue weighted by atomic mass is 16.1. The van der Waals surface area contributed by atoms with Gasteiger partial charge in [-0.2, -0.15) is 9.61 Å². The normalized spacial score (nSPS) is 11.1. The number of aromatic nitrogens is 3. The minimum atomic E-state index is 0.311. The van der Waals surface area contributed by atoms with Crippen molar-refractivity contribution in [3.8, 4) is 0 Å². The molecule has 2 rings (SSSR count). The number of nitrogens with two attached hydrogens (primary N) is 1. The third-order valence-electron chi connectivity index (χ3n) is 2.29. The molecule has 5 heteroatoms. The van der Waals surface area contributed by atoms with Crippen LogP contribution in [-0.4, -0.2) is 20.9 Å². The maximum atomic E-state index is 10.7. The second kappa shape index (κ2) is 3.34. The molecule has 0 fully saturated rings. The molecule has 2 heterocycles. The van der Waals surface area contributed by atoms with Gasteiger partial charge in [0, 0.05) is 12.3 Å². The highest BCUT2D eigenvalue weighted by molar-refractivity contribution is 5.81. The highest BCUT2D eigenvalue weighted by Gasteiger charge is 2.10. The summed E-state index contributed by atoms with van der Waals surface area (Å²) < 4.78 is 1.50. The maximum absolute atomic E-state index is 10.7. The Balaban J connectivity index is 2.71. The van der Waals surface area contributed by atoms with Gasteiger partial charge in [0.15, 0.2) is 11.9 Å². The first-order valence-electron chi connectivity index (χ1n) is 4.73. The number of nitrogens with zero attached hydrogens (tertiary/aromatic N) is 3. The average molecular weight is 204 g/mol. The molecule has 0 aromatic carbocycles. The second-order valence-electron chi connectivity index (χ2n) is 3.71. The summed E-state index contributed by atoms with van der Waals surface area (Å²) in [6, 6.07) is 1.87. The third kappa shape index (κ3) is 1.45. The van der Waals surface area contributed by atoms with Crippen LogP contribution >= 0.6 is 0 Å². The Hall–Kier alpha value is -1.91. The number of carbonyl (C=O) groups is 1. The van der Waals surface area contributed by atoms with E-state index in [-0.39, 0.29) is 0 Å². The zero-order valence-corrected chi connectivity index (χ0v) is 8.64. The molecule has 0 aliphatic heterocycles. The molecular formula is C10H12N4O. The minimum absolute atomic E-state index is 0.311. The summed E-state index contributed by atoms with van der Waals surface area (Å²) in [7, 11) is 0. The van der Waals surface area contributed by atoms with E-state index in [9.17, 15) is 4.79 Å². The van der Waals surface area contributed by atoms with Crippen LogP contribution in [0.4, 0.5) is 5.82 Å². The van der Waals surface area contributed by atoms with E-state index in [2.05, 4.69) is 10.1 Å². The molecule has 2 aromatic heterocycles. The fourth-order valence-electron chi connectivity index (χ4n) is 1.36. The van der Waals surface area contributed by atoms with Crippen LogP contribution in [0.3, 0.4) is 0 Å². The Bertz CT molecular complexity index is 515. The third-order valence-corrected chi connectivity index (χ3v) is 2.29. The van der Waals surface area contributed by atoms with Crippen LogP contribution in [0.5, 0.6) is 0 Å². The van der Waals surface area contributed by atoms with Gasteiger partial charge in [0.05, 0.1) is 11.3 Å². The van der Waals surface area contributed by atoms with Crippen molar-refractivity contribution in [3.63, 3.8) is 0 Å². The molecule has 0 saturated heterocycles. The largest absolute Gasteiger partial charge is 0.383 e. The van der Waals surface area contributed by atoms with Crippen molar-refractivity contribution in [2.45, 2.75) is 19.8 Å². The SMILES string of the molecule is CC(C)c1cc2ncc(C=O)c(N)n2n1. The number of carbonyl (C=O) groups excluding carboxylic acids is 1. The van der Waals surface area contributed by atoms with Gasteiger partial charge in [-0.1, -0.05) is 13.8 Å². The molecule has 5 nitrogen and oxygen atoms in total. The highest BCUT2D eigenvalue weighted by Crippen LogP contribution is 2.17. The van der Waals surface area contributed by atoms with Crippen LogP contribution in [0, 0.1) is 0 Å². The van der Waals surface area contributed by atoms with Gasteiger partial charge in [0.25, 0.3) is 0 Å². The molecule has 0 saturated carbocycles. The number of nitrogen functional groups attached to an aromatic ring is 1. The molecule has 0 unspecified atom stereocenters. The van der Waals surface area contributed by atoms with Crippen LogP contribution in [0.1, 0.15) is 35.8 Å². The van der Waals surface area contributed by atoms with Crippen LogP contribution < -0.4 is 5.73 Å². The van der Waals surface area contributed by atoms with Gasteiger partial charge < -0.3 is 5.73 Å². The van der Waals surface area contributed by atoms with E-state index >= 15 is 0 Å². The summed E-state index contributed by atoms with van der Waals surface area (Å²) in [5.41, 5.74) is 7.72. The lowest BCUT2D eigenvalue weighted by atomic mass is 10.1. The molecule has 2 N–H and O–H groups in total. The summed E-state index contributed by atoms with van der Waals surface area (Å²) >= 11 is 0. The van der Waals surface area contributed by atoms with Crippen molar-refractivity contribution in [2.24, 2.45) is 0 Å². The quantitative estimate of drug-likeness (QED) is 0.747. The van der Waals surface area contributed by atoms with E-state index in [4.69, 9.17) is 5.73 Å². The molecule has 0 aliphatic carbocycles. The predicted octanol–water partition coefficient (Wildman–Crippen LogP) is 1.25. The first-order valence-corrected chi connectivity index (χ1v) is 4.73. The zero-order chi connectivity index (χ0) is 11.0. The second-order valence-corrected chi connectivity index (χ2v) is 3.71. The number of aldehydes is 1. The molecule has 0 bridgehead atoms. The standard InChI is InChI=1S/C10H12N4O/c1-6(2)8-3-9-12-4-7(5-15)10(11)14(9)13-8/h3-6H,11H2,1-2H3. The minimum Gasteiger partial charge on any atom is -0.383 e. The number of anilines is 1. The Labute approximate surface area is 86.9 Å². The maximum Gasteiger partial charge on any atom is 0.157 e. The summed E-state index contributed by atoms with van der Waals surface area (Å²) in [5, 5.41) is 4.29. The number of fused-ring (bicyclic) bond motifs is 1. The van der Waals surface area contributed by atoms with Gasteiger partial charge in [0.2, 0.25) is 0 Å². The first kappa shape index (κ1) is 9.64. The molecule has 0 amide bonds. The van der Waals surface area contributed by atoms with E-state index in [1.54, 1.807) is 0 Å². The lowest BCUT2D eigenvalue weighted by Gasteiger charge is -2.00. The summed E-state index contributed by atoms with van der Waals surface area (Å²) in [6.07, 6.45) is 2.14. The monoisotopic (exact) mass is 204 g/mol. The predicted molar refractivity (Wildman–Crippen MR) is 56.9 cm³/mol. The smallest absolute Gasteiger partial charge is 0.157 e.